The predicted molar refractivity (Wildman–Crippen MR) is 76.0 cm³/mol. The highest BCUT2D eigenvalue weighted by atomic mass is 16.5. The molecule has 0 amide bonds. The molecule has 1 N–H and O–H groups in total. The lowest BCUT2D eigenvalue weighted by Crippen LogP contribution is -2.39. The lowest BCUT2D eigenvalue weighted by Gasteiger charge is -2.24. The molecular formula is C15H30N2O. The van der Waals surface area contributed by atoms with Crippen LogP contribution >= 0.6 is 0 Å². The number of rotatable bonds is 6. The zero-order valence-electron chi connectivity index (χ0n) is 12.0. The highest BCUT2D eigenvalue weighted by molar-refractivity contribution is 4.76. The van der Waals surface area contributed by atoms with Crippen molar-refractivity contribution >= 4 is 0 Å². The minimum absolute atomic E-state index is 0.571. The van der Waals surface area contributed by atoms with Crippen LogP contribution in [0.4, 0.5) is 0 Å². The highest BCUT2D eigenvalue weighted by Crippen LogP contribution is 2.20. The quantitative estimate of drug-likeness (QED) is 0.788. The fraction of sp³-hybridized carbons (Fsp3) is 1.00. The van der Waals surface area contributed by atoms with Crippen molar-refractivity contribution in [2.24, 2.45) is 0 Å². The Hall–Kier alpha value is -0.120. The maximum Gasteiger partial charge on any atom is 0.0597 e. The van der Waals surface area contributed by atoms with Crippen LogP contribution < -0.4 is 5.32 Å². The number of nitrogens with one attached hydrogen (secondary N) is 1. The van der Waals surface area contributed by atoms with E-state index < -0.39 is 0 Å². The molecular weight excluding hydrogens is 224 g/mol. The van der Waals surface area contributed by atoms with Gasteiger partial charge in [0.25, 0.3) is 0 Å². The van der Waals surface area contributed by atoms with Gasteiger partial charge in [0, 0.05) is 19.1 Å². The van der Waals surface area contributed by atoms with E-state index in [0.717, 1.165) is 13.2 Å². The zero-order chi connectivity index (χ0) is 12.6. The monoisotopic (exact) mass is 254 g/mol. The van der Waals surface area contributed by atoms with E-state index in [1.54, 1.807) is 0 Å². The van der Waals surface area contributed by atoms with Gasteiger partial charge in [-0.15, -0.1) is 0 Å². The third kappa shape index (κ3) is 4.87. The molecule has 2 aliphatic rings. The second-order valence-corrected chi connectivity index (χ2v) is 5.87. The molecule has 1 unspecified atom stereocenters. The number of ether oxygens (including phenoxy) is 1. The first-order valence-corrected chi connectivity index (χ1v) is 7.96. The smallest absolute Gasteiger partial charge is 0.0597 e. The molecule has 1 saturated heterocycles. The lowest BCUT2D eigenvalue weighted by atomic mass is 10.1. The molecule has 1 saturated carbocycles. The van der Waals surface area contributed by atoms with E-state index in [0.29, 0.717) is 12.1 Å². The van der Waals surface area contributed by atoms with E-state index in [1.807, 2.05) is 0 Å². The molecule has 0 radical (unpaired) electrons. The van der Waals surface area contributed by atoms with Gasteiger partial charge in [0.1, 0.15) is 0 Å². The third-order valence-corrected chi connectivity index (χ3v) is 4.26. The van der Waals surface area contributed by atoms with E-state index in [2.05, 4.69) is 17.1 Å². The van der Waals surface area contributed by atoms with E-state index in [1.165, 1.54) is 64.6 Å². The third-order valence-electron chi connectivity index (χ3n) is 4.26. The Morgan fingerprint density at radius 2 is 2.06 bits per heavy atom. The van der Waals surface area contributed by atoms with Crippen molar-refractivity contribution in [1.82, 2.24) is 10.2 Å². The molecule has 2 fully saturated rings. The van der Waals surface area contributed by atoms with Crippen LogP contribution in [0, 0.1) is 0 Å². The van der Waals surface area contributed by atoms with E-state index >= 15 is 0 Å². The molecule has 3 nitrogen and oxygen atoms in total. The number of hydrogen-bond donors (Lipinski definition) is 1. The highest BCUT2D eigenvalue weighted by Gasteiger charge is 2.18. The van der Waals surface area contributed by atoms with Gasteiger partial charge in [0.15, 0.2) is 0 Å². The van der Waals surface area contributed by atoms with Gasteiger partial charge in [-0.3, -0.25) is 4.90 Å². The van der Waals surface area contributed by atoms with Crippen LogP contribution in [0.3, 0.4) is 0 Å². The van der Waals surface area contributed by atoms with Crippen LogP contribution in [0.1, 0.15) is 51.9 Å². The second-order valence-electron chi connectivity index (χ2n) is 5.87. The Balaban J connectivity index is 1.63. The van der Waals surface area contributed by atoms with Crippen molar-refractivity contribution in [2.75, 3.05) is 32.8 Å². The summed E-state index contributed by atoms with van der Waals surface area (Å²) in [5.41, 5.74) is 0. The first kappa shape index (κ1) is 14.3. The fourth-order valence-electron chi connectivity index (χ4n) is 3.22. The standard InChI is InChI=1S/C15H30N2O/c1-2-6-14-13-17(10-5-9-16-14)11-12-18-15-7-3-4-8-15/h14-16H,2-13H2,1H3. The average molecular weight is 254 g/mol. The molecule has 106 valence electrons. The molecule has 0 aromatic carbocycles. The molecule has 1 atom stereocenters. The molecule has 0 aromatic rings. The molecule has 0 bridgehead atoms. The maximum absolute atomic E-state index is 5.98. The van der Waals surface area contributed by atoms with Gasteiger partial charge < -0.3 is 10.1 Å². The molecule has 0 aromatic heterocycles. The molecule has 18 heavy (non-hydrogen) atoms. The van der Waals surface area contributed by atoms with Crippen molar-refractivity contribution in [3.05, 3.63) is 0 Å². The van der Waals surface area contributed by atoms with Crippen molar-refractivity contribution in [3.8, 4) is 0 Å². The molecule has 1 aliphatic heterocycles. The van der Waals surface area contributed by atoms with Gasteiger partial charge in [0.05, 0.1) is 12.7 Å². The summed E-state index contributed by atoms with van der Waals surface area (Å²) in [6.45, 7) is 7.97. The Morgan fingerprint density at radius 1 is 1.22 bits per heavy atom. The van der Waals surface area contributed by atoms with E-state index in [9.17, 15) is 0 Å². The van der Waals surface area contributed by atoms with Crippen LogP contribution in [0.15, 0.2) is 0 Å². The molecule has 0 spiro atoms. The first-order valence-electron chi connectivity index (χ1n) is 7.96. The maximum atomic E-state index is 5.98. The summed E-state index contributed by atoms with van der Waals surface area (Å²) in [6, 6.07) is 0.698. The summed E-state index contributed by atoms with van der Waals surface area (Å²) < 4.78 is 5.98. The largest absolute Gasteiger partial charge is 0.377 e. The average Bonchev–Trinajstić information content (AvgIpc) is 2.78. The Labute approximate surface area is 112 Å². The zero-order valence-corrected chi connectivity index (χ0v) is 12.0. The van der Waals surface area contributed by atoms with Gasteiger partial charge in [-0.05, 0) is 38.8 Å². The summed E-state index contributed by atoms with van der Waals surface area (Å²) in [5.74, 6) is 0. The van der Waals surface area contributed by atoms with E-state index in [-0.39, 0.29) is 0 Å². The van der Waals surface area contributed by atoms with Crippen molar-refractivity contribution < 1.29 is 4.74 Å². The van der Waals surface area contributed by atoms with Gasteiger partial charge in [-0.2, -0.15) is 0 Å². The minimum Gasteiger partial charge on any atom is -0.377 e. The molecule has 3 heteroatoms. The number of nitrogens with zero attached hydrogens (tertiary/aromatic N) is 1. The van der Waals surface area contributed by atoms with Crippen molar-refractivity contribution in [2.45, 2.75) is 64.0 Å². The molecule has 1 aliphatic carbocycles. The lowest BCUT2D eigenvalue weighted by molar-refractivity contribution is 0.0415. The SMILES string of the molecule is CCCC1CN(CCOC2CCCC2)CCCN1. The van der Waals surface area contributed by atoms with Crippen LogP contribution in [0.5, 0.6) is 0 Å². The van der Waals surface area contributed by atoms with Crippen LogP contribution in [-0.4, -0.2) is 49.8 Å². The summed E-state index contributed by atoms with van der Waals surface area (Å²) >= 11 is 0. The first-order chi connectivity index (χ1) is 8.88. The fourth-order valence-corrected chi connectivity index (χ4v) is 3.22. The molecule has 2 rings (SSSR count). The van der Waals surface area contributed by atoms with Gasteiger partial charge in [-0.25, -0.2) is 0 Å². The Bertz CT molecular complexity index is 217. The summed E-state index contributed by atoms with van der Waals surface area (Å²) in [4.78, 5) is 2.59. The normalized spacial score (nSPS) is 27.5. The van der Waals surface area contributed by atoms with Gasteiger partial charge >= 0.3 is 0 Å². The summed E-state index contributed by atoms with van der Waals surface area (Å²) in [7, 11) is 0. The summed E-state index contributed by atoms with van der Waals surface area (Å²) in [6.07, 6.45) is 9.77. The Morgan fingerprint density at radius 3 is 2.83 bits per heavy atom. The van der Waals surface area contributed by atoms with E-state index in [4.69, 9.17) is 4.74 Å². The Kier molecular flexibility index (Phi) is 6.46. The van der Waals surface area contributed by atoms with Crippen LogP contribution in [0.2, 0.25) is 0 Å². The predicted octanol–water partition coefficient (Wildman–Crippen LogP) is 2.41. The number of hydrogen-bond acceptors (Lipinski definition) is 3. The minimum atomic E-state index is 0.571. The van der Waals surface area contributed by atoms with Gasteiger partial charge in [0.2, 0.25) is 0 Å². The van der Waals surface area contributed by atoms with Crippen molar-refractivity contribution in [3.63, 3.8) is 0 Å². The second kappa shape index (κ2) is 8.13. The summed E-state index contributed by atoms with van der Waals surface area (Å²) in [5, 5.41) is 3.66. The molecule has 1 heterocycles. The van der Waals surface area contributed by atoms with Crippen LogP contribution in [-0.2, 0) is 4.74 Å². The van der Waals surface area contributed by atoms with Crippen LogP contribution in [0.25, 0.3) is 0 Å². The topological polar surface area (TPSA) is 24.5 Å². The van der Waals surface area contributed by atoms with Crippen molar-refractivity contribution in [1.29, 1.82) is 0 Å². The van der Waals surface area contributed by atoms with Gasteiger partial charge in [-0.1, -0.05) is 26.2 Å².